The zero-order valence-corrected chi connectivity index (χ0v) is 19.2. The third-order valence-electron chi connectivity index (χ3n) is 5.66. The molecule has 0 spiro atoms. The minimum Gasteiger partial charge on any atom is -0.441 e. The van der Waals surface area contributed by atoms with Gasteiger partial charge in [-0.2, -0.15) is 5.26 Å². The average Bonchev–Trinajstić information content (AvgIpc) is 3.37. The van der Waals surface area contributed by atoms with E-state index >= 15 is 0 Å². The maximum absolute atomic E-state index is 12.4. The van der Waals surface area contributed by atoms with E-state index in [1.807, 2.05) is 30.3 Å². The second-order valence-corrected chi connectivity index (χ2v) is 8.75. The molecule has 1 amide bonds. The number of nitrogens with one attached hydrogen (secondary N) is 3. The third-order valence-corrected chi connectivity index (χ3v) is 5.88. The van der Waals surface area contributed by atoms with Crippen LogP contribution in [0.1, 0.15) is 30.9 Å². The monoisotopic (exact) mass is 466 g/mol. The third kappa shape index (κ3) is 5.60. The van der Waals surface area contributed by atoms with Crippen molar-refractivity contribution in [3.8, 4) is 6.07 Å². The molecule has 33 heavy (non-hydrogen) atoms. The molecule has 0 saturated carbocycles. The Morgan fingerprint density at radius 1 is 1.09 bits per heavy atom. The number of anilines is 2. The largest absolute Gasteiger partial charge is 0.441 e. The fourth-order valence-corrected chi connectivity index (χ4v) is 4.20. The number of ether oxygens (including phenoxy) is 3. The van der Waals surface area contributed by atoms with Gasteiger partial charge in [-0.3, -0.25) is 5.32 Å². The topological polar surface area (TPSA) is 105 Å². The van der Waals surface area contributed by atoms with Crippen LogP contribution in [0.2, 0.25) is 0 Å². The van der Waals surface area contributed by atoms with Crippen molar-refractivity contribution >= 4 is 34.8 Å². The van der Waals surface area contributed by atoms with Crippen molar-refractivity contribution in [1.82, 2.24) is 5.32 Å². The molecule has 8 nitrogen and oxygen atoms in total. The first-order chi connectivity index (χ1) is 15.9. The minimum absolute atomic E-state index is 0.186. The van der Waals surface area contributed by atoms with Crippen LogP contribution in [-0.4, -0.2) is 48.8 Å². The van der Waals surface area contributed by atoms with Crippen molar-refractivity contribution in [2.24, 2.45) is 0 Å². The van der Waals surface area contributed by atoms with Gasteiger partial charge in [0.15, 0.2) is 11.2 Å². The Balaban J connectivity index is 1.27. The SMILES string of the molecule is CC(C)c1ccc(NC(=O)OC2COC3C(NC(=S)Nc4cccc(C#N)c4)COC23)cc1. The summed E-state index contributed by atoms with van der Waals surface area (Å²) < 4.78 is 17.3. The Bertz CT molecular complexity index is 1050. The van der Waals surface area contributed by atoms with Crippen molar-refractivity contribution in [2.45, 2.75) is 44.1 Å². The highest BCUT2D eigenvalue weighted by atomic mass is 32.1. The number of benzene rings is 2. The molecule has 0 radical (unpaired) electrons. The van der Waals surface area contributed by atoms with Gasteiger partial charge < -0.3 is 24.8 Å². The van der Waals surface area contributed by atoms with Gasteiger partial charge in [0.2, 0.25) is 0 Å². The molecule has 4 rings (SSSR count). The van der Waals surface area contributed by atoms with Crippen LogP contribution in [-0.2, 0) is 14.2 Å². The standard InChI is InChI=1S/C24H26N4O4S/c1-14(2)16-6-8-17(9-7-16)27-24(29)32-20-13-31-21-19(12-30-22(20)21)28-23(33)26-18-5-3-4-15(10-18)11-25/h3-10,14,19-22H,12-13H2,1-2H3,(H,27,29)(H2,26,28,33). The molecule has 2 aliphatic heterocycles. The first-order valence-corrected chi connectivity index (χ1v) is 11.2. The van der Waals surface area contributed by atoms with E-state index in [9.17, 15) is 4.79 Å². The molecule has 2 fully saturated rings. The van der Waals surface area contributed by atoms with Gasteiger partial charge in [0.05, 0.1) is 30.9 Å². The summed E-state index contributed by atoms with van der Waals surface area (Å²) in [5, 5.41) is 18.4. The van der Waals surface area contributed by atoms with E-state index in [4.69, 9.17) is 31.7 Å². The summed E-state index contributed by atoms with van der Waals surface area (Å²) in [4.78, 5) is 12.4. The molecule has 4 atom stereocenters. The van der Waals surface area contributed by atoms with Gasteiger partial charge in [0.25, 0.3) is 0 Å². The van der Waals surface area contributed by atoms with Gasteiger partial charge in [-0.15, -0.1) is 0 Å². The lowest BCUT2D eigenvalue weighted by atomic mass is 10.0. The predicted molar refractivity (Wildman–Crippen MR) is 128 cm³/mol. The highest BCUT2D eigenvalue weighted by molar-refractivity contribution is 7.80. The Labute approximate surface area is 198 Å². The number of fused-ring (bicyclic) bond motifs is 1. The van der Waals surface area contributed by atoms with Gasteiger partial charge in [-0.05, 0) is 54.0 Å². The first kappa shape index (κ1) is 23.0. The Kier molecular flexibility index (Phi) is 7.08. The van der Waals surface area contributed by atoms with Crippen molar-refractivity contribution in [1.29, 1.82) is 5.26 Å². The molecule has 2 aromatic carbocycles. The second kappa shape index (κ2) is 10.2. The molecular formula is C24H26N4O4S. The number of rotatable bonds is 5. The second-order valence-electron chi connectivity index (χ2n) is 8.34. The lowest BCUT2D eigenvalue weighted by molar-refractivity contribution is 0.00880. The van der Waals surface area contributed by atoms with Gasteiger partial charge >= 0.3 is 6.09 Å². The predicted octanol–water partition coefficient (Wildman–Crippen LogP) is 3.75. The normalized spacial score (nSPS) is 23.5. The van der Waals surface area contributed by atoms with Crippen LogP contribution in [0.5, 0.6) is 0 Å². The number of hydrogen-bond donors (Lipinski definition) is 3. The van der Waals surface area contributed by atoms with Crippen molar-refractivity contribution in [2.75, 3.05) is 23.8 Å². The minimum atomic E-state index is -0.545. The van der Waals surface area contributed by atoms with Gasteiger partial charge in [-0.1, -0.05) is 32.0 Å². The Morgan fingerprint density at radius 2 is 1.85 bits per heavy atom. The molecule has 2 saturated heterocycles. The molecule has 3 N–H and O–H groups in total. The summed E-state index contributed by atoms with van der Waals surface area (Å²) in [6.07, 6.45) is -1.72. The van der Waals surface area contributed by atoms with E-state index in [0.29, 0.717) is 34.6 Å². The van der Waals surface area contributed by atoms with Crippen molar-refractivity contribution < 1.29 is 19.0 Å². The highest BCUT2D eigenvalue weighted by Crippen LogP contribution is 2.29. The summed E-state index contributed by atoms with van der Waals surface area (Å²) in [5.41, 5.74) is 3.13. The lowest BCUT2D eigenvalue weighted by Gasteiger charge is -2.20. The molecule has 9 heteroatoms. The number of amides is 1. The number of carbonyl (C=O) groups excluding carboxylic acids is 1. The van der Waals surface area contributed by atoms with Gasteiger partial charge in [-0.25, -0.2) is 4.79 Å². The molecule has 2 heterocycles. The first-order valence-electron chi connectivity index (χ1n) is 10.8. The molecule has 0 aromatic heterocycles. The zero-order chi connectivity index (χ0) is 23.4. The smallest absolute Gasteiger partial charge is 0.412 e. The Morgan fingerprint density at radius 3 is 2.58 bits per heavy atom. The van der Waals surface area contributed by atoms with E-state index in [1.165, 1.54) is 5.56 Å². The van der Waals surface area contributed by atoms with Crippen LogP contribution < -0.4 is 16.0 Å². The van der Waals surface area contributed by atoms with Gasteiger partial charge in [0, 0.05) is 11.4 Å². The van der Waals surface area contributed by atoms with Gasteiger partial charge in [0.1, 0.15) is 12.2 Å². The zero-order valence-electron chi connectivity index (χ0n) is 18.4. The molecule has 0 bridgehead atoms. The number of nitriles is 1. The van der Waals surface area contributed by atoms with Crippen LogP contribution in [0.3, 0.4) is 0 Å². The summed E-state index contributed by atoms with van der Waals surface area (Å²) in [6, 6.07) is 16.6. The van der Waals surface area contributed by atoms with E-state index in [0.717, 1.165) is 0 Å². The van der Waals surface area contributed by atoms with E-state index < -0.39 is 12.2 Å². The molecule has 2 aromatic rings. The lowest BCUT2D eigenvalue weighted by Crippen LogP contribution is -2.46. The van der Waals surface area contributed by atoms with Crippen LogP contribution in [0.4, 0.5) is 16.2 Å². The summed E-state index contributed by atoms with van der Waals surface area (Å²) in [5.74, 6) is 0.422. The average molecular weight is 467 g/mol. The van der Waals surface area contributed by atoms with E-state index in [-0.39, 0.29) is 24.9 Å². The quantitative estimate of drug-likeness (QED) is 0.573. The summed E-state index contributed by atoms with van der Waals surface area (Å²) in [6.45, 7) is 4.85. The Hall–Kier alpha value is -3.19. The number of hydrogen-bond acceptors (Lipinski definition) is 6. The van der Waals surface area contributed by atoms with Crippen LogP contribution >= 0.6 is 12.2 Å². The number of nitrogens with zero attached hydrogens (tertiary/aromatic N) is 1. The number of thiocarbonyl (C=S) groups is 1. The molecular weight excluding hydrogens is 440 g/mol. The molecule has 0 aliphatic carbocycles. The molecule has 172 valence electrons. The van der Waals surface area contributed by atoms with Crippen LogP contribution in [0.25, 0.3) is 0 Å². The molecule has 4 unspecified atom stereocenters. The number of carbonyl (C=O) groups is 1. The maximum atomic E-state index is 12.4. The van der Waals surface area contributed by atoms with Crippen molar-refractivity contribution in [3.63, 3.8) is 0 Å². The van der Waals surface area contributed by atoms with Crippen LogP contribution in [0, 0.1) is 11.3 Å². The van der Waals surface area contributed by atoms with Crippen molar-refractivity contribution in [3.05, 3.63) is 59.7 Å². The summed E-state index contributed by atoms with van der Waals surface area (Å²) in [7, 11) is 0. The highest BCUT2D eigenvalue weighted by Gasteiger charge is 2.49. The molecule has 2 aliphatic rings. The fraction of sp³-hybridized carbons (Fsp3) is 0.375. The van der Waals surface area contributed by atoms with E-state index in [1.54, 1.807) is 18.2 Å². The fourth-order valence-electron chi connectivity index (χ4n) is 3.93. The maximum Gasteiger partial charge on any atom is 0.412 e. The van der Waals surface area contributed by atoms with Crippen LogP contribution in [0.15, 0.2) is 48.5 Å². The van der Waals surface area contributed by atoms with E-state index in [2.05, 4.69) is 35.9 Å². The summed E-state index contributed by atoms with van der Waals surface area (Å²) >= 11 is 5.40.